The van der Waals surface area contributed by atoms with Gasteiger partial charge in [0, 0.05) is 0 Å². The van der Waals surface area contributed by atoms with Gasteiger partial charge in [0.25, 0.3) is 10.0 Å². The number of rotatable bonds is 6. The molecule has 2 aromatic carbocycles. The van der Waals surface area contributed by atoms with Crippen molar-refractivity contribution in [3.8, 4) is 0 Å². The lowest BCUT2D eigenvalue weighted by Crippen LogP contribution is -2.48. The SMILES string of the molecule is O=C(O)CN(c1ccc(C23CC4CC(CC(C4)C2)C3)cc1)S(=O)(=O)c1ccc(F)cc1. The van der Waals surface area contributed by atoms with Crippen LogP contribution in [0, 0.1) is 23.6 Å². The maximum absolute atomic E-state index is 13.3. The number of carboxylic acid groups (broad SMARTS) is 1. The Bertz CT molecular complexity index is 1060. The van der Waals surface area contributed by atoms with Crippen LogP contribution < -0.4 is 4.31 Å². The number of hydrogen-bond acceptors (Lipinski definition) is 3. The first-order chi connectivity index (χ1) is 14.7. The third-order valence-electron chi connectivity index (χ3n) is 7.49. The molecule has 31 heavy (non-hydrogen) atoms. The molecule has 0 spiro atoms. The summed E-state index contributed by atoms with van der Waals surface area (Å²) in [5.41, 5.74) is 1.73. The summed E-state index contributed by atoms with van der Waals surface area (Å²) >= 11 is 0. The average Bonchev–Trinajstić information content (AvgIpc) is 2.71. The summed E-state index contributed by atoms with van der Waals surface area (Å²) in [6.45, 7) is -0.698. The predicted molar refractivity (Wildman–Crippen MR) is 115 cm³/mol. The van der Waals surface area contributed by atoms with Crippen molar-refractivity contribution in [2.24, 2.45) is 17.8 Å². The van der Waals surface area contributed by atoms with E-state index in [0.29, 0.717) is 5.69 Å². The zero-order chi connectivity index (χ0) is 21.8. The van der Waals surface area contributed by atoms with Crippen LogP contribution in [-0.2, 0) is 20.2 Å². The Labute approximate surface area is 181 Å². The summed E-state index contributed by atoms with van der Waals surface area (Å²) in [6.07, 6.45) is 7.64. The molecule has 0 amide bonds. The highest BCUT2D eigenvalue weighted by molar-refractivity contribution is 7.92. The van der Waals surface area contributed by atoms with Gasteiger partial charge in [0.1, 0.15) is 12.4 Å². The molecule has 0 saturated heterocycles. The summed E-state index contributed by atoms with van der Waals surface area (Å²) in [6, 6.07) is 11.8. The number of hydrogen-bond donors (Lipinski definition) is 1. The zero-order valence-corrected chi connectivity index (χ0v) is 18.0. The first-order valence-corrected chi connectivity index (χ1v) is 12.3. The second-order valence-corrected chi connectivity index (χ2v) is 11.5. The van der Waals surface area contributed by atoms with Crippen molar-refractivity contribution in [1.82, 2.24) is 0 Å². The van der Waals surface area contributed by atoms with Gasteiger partial charge in [-0.25, -0.2) is 12.8 Å². The molecule has 0 radical (unpaired) electrons. The average molecular weight is 444 g/mol. The standard InChI is InChI=1S/C24H26FNO4S/c25-20-3-7-22(8-4-20)31(29,30)26(15-23(27)28)21-5-1-19(2-6-21)24-12-16-9-17(13-24)11-18(10-16)14-24/h1-8,16-18H,9-15H2,(H,27,28). The largest absolute Gasteiger partial charge is 0.480 e. The molecule has 0 atom stereocenters. The van der Waals surface area contributed by atoms with E-state index in [0.717, 1.165) is 46.3 Å². The van der Waals surface area contributed by atoms with Crippen molar-refractivity contribution < 1.29 is 22.7 Å². The van der Waals surface area contributed by atoms with Crippen molar-refractivity contribution in [3.63, 3.8) is 0 Å². The summed E-state index contributed by atoms with van der Waals surface area (Å²) in [5.74, 6) is 0.592. The second-order valence-electron chi connectivity index (χ2n) is 9.60. The van der Waals surface area contributed by atoms with Gasteiger partial charge < -0.3 is 5.11 Å². The van der Waals surface area contributed by atoms with Crippen LogP contribution in [0.25, 0.3) is 0 Å². The van der Waals surface area contributed by atoms with E-state index in [-0.39, 0.29) is 10.3 Å². The van der Waals surface area contributed by atoms with Gasteiger partial charge in [-0.15, -0.1) is 0 Å². The quantitative estimate of drug-likeness (QED) is 0.710. The molecule has 2 aromatic rings. The molecule has 4 saturated carbocycles. The maximum Gasteiger partial charge on any atom is 0.324 e. The topological polar surface area (TPSA) is 74.7 Å². The maximum atomic E-state index is 13.3. The summed E-state index contributed by atoms with van der Waals surface area (Å²) in [5, 5.41) is 9.34. The molecular weight excluding hydrogens is 417 g/mol. The van der Waals surface area contributed by atoms with E-state index in [1.54, 1.807) is 12.1 Å². The fourth-order valence-corrected chi connectivity index (χ4v) is 8.03. The lowest BCUT2D eigenvalue weighted by atomic mass is 9.48. The number of carbonyl (C=O) groups is 1. The molecule has 0 aliphatic heterocycles. The van der Waals surface area contributed by atoms with Gasteiger partial charge in [-0.3, -0.25) is 9.10 Å². The van der Waals surface area contributed by atoms with Crippen molar-refractivity contribution >= 4 is 21.7 Å². The molecule has 4 fully saturated rings. The number of anilines is 1. The molecule has 5 nitrogen and oxygen atoms in total. The van der Waals surface area contributed by atoms with Crippen LogP contribution in [0.4, 0.5) is 10.1 Å². The number of nitrogens with zero attached hydrogens (tertiary/aromatic N) is 1. The Morgan fingerprint density at radius 1 is 0.935 bits per heavy atom. The van der Waals surface area contributed by atoms with Gasteiger partial charge in [-0.05, 0) is 104 Å². The van der Waals surface area contributed by atoms with Crippen LogP contribution in [0.15, 0.2) is 53.4 Å². The third-order valence-corrected chi connectivity index (χ3v) is 9.27. The molecule has 7 heteroatoms. The Balaban J connectivity index is 1.47. The molecule has 6 rings (SSSR count). The van der Waals surface area contributed by atoms with Gasteiger partial charge in [0.05, 0.1) is 10.6 Å². The molecule has 4 aliphatic rings. The van der Waals surface area contributed by atoms with Gasteiger partial charge >= 0.3 is 5.97 Å². The van der Waals surface area contributed by atoms with E-state index in [2.05, 4.69) is 0 Å². The molecule has 4 bridgehead atoms. The Morgan fingerprint density at radius 3 is 1.94 bits per heavy atom. The van der Waals surface area contributed by atoms with Gasteiger partial charge in [-0.1, -0.05) is 12.1 Å². The Hall–Kier alpha value is -2.41. The number of carboxylic acids is 1. The van der Waals surface area contributed by atoms with Crippen molar-refractivity contribution in [2.75, 3.05) is 10.8 Å². The summed E-state index contributed by atoms with van der Waals surface area (Å²) < 4.78 is 40.4. The van der Waals surface area contributed by atoms with E-state index >= 15 is 0 Å². The molecular formula is C24H26FNO4S. The smallest absolute Gasteiger partial charge is 0.324 e. The Kier molecular flexibility index (Phi) is 4.84. The van der Waals surface area contributed by atoms with Crippen molar-refractivity contribution in [2.45, 2.75) is 48.8 Å². The fourth-order valence-electron chi connectivity index (χ4n) is 6.62. The van der Waals surface area contributed by atoms with Gasteiger partial charge in [0.2, 0.25) is 0 Å². The number of benzene rings is 2. The summed E-state index contributed by atoms with van der Waals surface area (Å²) in [4.78, 5) is 11.3. The lowest BCUT2D eigenvalue weighted by Gasteiger charge is -2.57. The van der Waals surface area contributed by atoms with E-state index in [4.69, 9.17) is 0 Å². The third kappa shape index (κ3) is 3.63. The fraction of sp³-hybridized carbons (Fsp3) is 0.458. The van der Waals surface area contributed by atoms with E-state index in [1.807, 2.05) is 12.1 Å². The van der Waals surface area contributed by atoms with E-state index in [1.165, 1.54) is 44.1 Å². The van der Waals surface area contributed by atoms with Gasteiger partial charge in [-0.2, -0.15) is 0 Å². The number of sulfonamides is 1. The minimum atomic E-state index is -4.14. The molecule has 164 valence electrons. The first-order valence-electron chi connectivity index (χ1n) is 10.9. The van der Waals surface area contributed by atoms with Crippen LogP contribution in [-0.4, -0.2) is 26.0 Å². The monoisotopic (exact) mass is 443 g/mol. The number of halogens is 1. The van der Waals surface area contributed by atoms with Crippen molar-refractivity contribution in [3.05, 3.63) is 59.9 Å². The molecule has 1 N–H and O–H groups in total. The molecule has 0 heterocycles. The van der Waals surface area contributed by atoms with Gasteiger partial charge in [0.15, 0.2) is 0 Å². The molecule has 0 aromatic heterocycles. The van der Waals surface area contributed by atoms with Crippen LogP contribution in [0.2, 0.25) is 0 Å². The highest BCUT2D eigenvalue weighted by Crippen LogP contribution is 2.60. The summed E-state index contributed by atoms with van der Waals surface area (Å²) in [7, 11) is -4.14. The minimum Gasteiger partial charge on any atom is -0.480 e. The lowest BCUT2D eigenvalue weighted by molar-refractivity contribution is -0.135. The minimum absolute atomic E-state index is 0.139. The van der Waals surface area contributed by atoms with E-state index < -0.39 is 28.4 Å². The molecule has 4 aliphatic carbocycles. The van der Waals surface area contributed by atoms with Crippen LogP contribution >= 0.6 is 0 Å². The normalized spacial score (nSPS) is 29.1. The van der Waals surface area contributed by atoms with Crippen LogP contribution in [0.3, 0.4) is 0 Å². The highest BCUT2D eigenvalue weighted by Gasteiger charge is 2.51. The second kappa shape index (κ2) is 7.33. The zero-order valence-electron chi connectivity index (χ0n) is 17.2. The molecule has 0 unspecified atom stereocenters. The van der Waals surface area contributed by atoms with Crippen LogP contribution in [0.5, 0.6) is 0 Å². The van der Waals surface area contributed by atoms with Crippen LogP contribution in [0.1, 0.15) is 44.1 Å². The number of aliphatic carboxylic acids is 1. The van der Waals surface area contributed by atoms with Crippen molar-refractivity contribution in [1.29, 1.82) is 0 Å². The Morgan fingerprint density at radius 2 is 1.45 bits per heavy atom. The highest BCUT2D eigenvalue weighted by atomic mass is 32.2. The predicted octanol–water partition coefficient (Wildman–Crippen LogP) is 4.57. The first kappa shape index (κ1) is 20.5. The van der Waals surface area contributed by atoms with E-state index in [9.17, 15) is 22.7 Å².